The Hall–Kier alpha value is -2.30. The van der Waals surface area contributed by atoms with E-state index in [0.717, 1.165) is 18.7 Å². The Bertz CT molecular complexity index is 502. The molecule has 0 bridgehead atoms. The van der Waals surface area contributed by atoms with Crippen molar-refractivity contribution in [1.82, 2.24) is 0 Å². The lowest BCUT2D eigenvalue weighted by atomic mass is 10.1. The molecule has 18 heavy (non-hydrogen) atoms. The van der Waals surface area contributed by atoms with Crippen molar-refractivity contribution >= 4 is 17.5 Å². The van der Waals surface area contributed by atoms with Crippen molar-refractivity contribution in [2.24, 2.45) is 0 Å². The summed E-state index contributed by atoms with van der Waals surface area (Å²) in [6, 6.07) is 5.07. The predicted octanol–water partition coefficient (Wildman–Crippen LogP) is 1.64. The van der Waals surface area contributed by atoms with E-state index in [1.165, 1.54) is 7.11 Å². The summed E-state index contributed by atoms with van der Waals surface area (Å²) >= 11 is 0. The molecule has 1 aromatic rings. The Morgan fingerprint density at radius 2 is 1.94 bits per heavy atom. The predicted molar refractivity (Wildman–Crippen MR) is 65.4 cm³/mol. The van der Waals surface area contributed by atoms with Gasteiger partial charge in [-0.25, -0.2) is 4.79 Å². The average molecular weight is 250 g/mol. The molecule has 0 aliphatic heterocycles. The van der Waals surface area contributed by atoms with E-state index in [9.17, 15) is 14.7 Å². The fourth-order valence-electron chi connectivity index (χ4n) is 1.37. The van der Waals surface area contributed by atoms with Crippen LogP contribution in [0.3, 0.4) is 0 Å². The molecule has 0 radical (unpaired) electrons. The number of carbonyl (C=O) groups is 2. The maximum atomic E-state index is 11.3. The first-order chi connectivity index (χ1) is 8.49. The fourth-order valence-corrected chi connectivity index (χ4v) is 1.37. The Morgan fingerprint density at radius 1 is 1.28 bits per heavy atom. The Kier molecular flexibility index (Phi) is 4.48. The molecule has 0 spiro atoms. The van der Waals surface area contributed by atoms with Crippen molar-refractivity contribution < 1.29 is 24.2 Å². The van der Waals surface area contributed by atoms with Crippen molar-refractivity contribution in [3.8, 4) is 5.75 Å². The number of ketones is 1. The highest BCUT2D eigenvalue weighted by molar-refractivity contribution is 6.39. The molecule has 0 unspecified atom stereocenters. The first-order valence-corrected chi connectivity index (χ1v) is 5.17. The molecule has 0 aromatic heterocycles. The van der Waals surface area contributed by atoms with Gasteiger partial charge in [0.2, 0.25) is 0 Å². The Balaban J connectivity index is 3.10. The number of esters is 1. The summed E-state index contributed by atoms with van der Waals surface area (Å²) in [6.07, 6.45) is 0.805. The molecule has 0 heterocycles. The van der Waals surface area contributed by atoms with E-state index in [4.69, 9.17) is 4.74 Å². The van der Waals surface area contributed by atoms with E-state index in [2.05, 4.69) is 4.74 Å². The van der Waals surface area contributed by atoms with Gasteiger partial charge >= 0.3 is 5.97 Å². The Labute approximate surface area is 105 Å². The molecule has 96 valence electrons. The van der Waals surface area contributed by atoms with Crippen LogP contribution in [0.25, 0.3) is 5.76 Å². The zero-order chi connectivity index (χ0) is 13.7. The molecule has 1 aromatic carbocycles. The highest BCUT2D eigenvalue weighted by atomic mass is 16.5. The van der Waals surface area contributed by atoms with E-state index >= 15 is 0 Å². The van der Waals surface area contributed by atoms with Gasteiger partial charge in [0.1, 0.15) is 11.5 Å². The summed E-state index contributed by atoms with van der Waals surface area (Å²) in [6.45, 7) is 1.87. The highest BCUT2D eigenvalue weighted by Crippen LogP contribution is 2.25. The van der Waals surface area contributed by atoms with Crippen LogP contribution in [-0.2, 0) is 14.3 Å². The van der Waals surface area contributed by atoms with Gasteiger partial charge in [0, 0.05) is 6.08 Å². The second kappa shape index (κ2) is 5.86. The molecule has 0 saturated heterocycles. The molecular weight excluding hydrogens is 236 g/mol. The number of aryl methyl sites for hydroxylation is 1. The van der Waals surface area contributed by atoms with Gasteiger partial charge in [-0.3, -0.25) is 4.79 Å². The van der Waals surface area contributed by atoms with Gasteiger partial charge < -0.3 is 14.6 Å². The third kappa shape index (κ3) is 3.10. The molecular formula is C13H14O5. The molecule has 0 saturated carbocycles. The van der Waals surface area contributed by atoms with Gasteiger partial charge in [0.25, 0.3) is 5.78 Å². The van der Waals surface area contributed by atoms with Crippen LogP contribution < -0.4 is 4.74 Å². The molecule has 0 fully saturated rings. The maximum Gasteiger partial charge on any atom is 0.378 e. The zero-order valence-electron chi connectivity index (χ0n) is 10.4. The van der Waals surface area contributed by atoms with E-state index in [0.29, 0.717) is 11.3 Å². The first-order valence-electron chi connectivity index (χ1n) is 5.17. The van der Waals surface area contributed by atoms with Crippen molar-refractivity contribution in [3.63, 3.8) is 0 Å². The molecule has 1 rings (SSSR count). The number of aliphatic hydroxyl groups is 1. The van der Waals surface area contributed by atoms with E-state index < -0.39 is 11.8 Å². The number of rotatable bonds is 4. The van der Waals surface area contributed by atoms with Crippen LogP contribution in [0.2, 0.25) is 0 Å². The van der Waals surface area contributed by atoms with Gasteiger partial charge in [-0.05, 0) is 24.6 Å². The zero-order valence-corrected chi connectivity index (χ0v) is 10.4. The number of ether oxygens (including phenoxy) is 2. The number of hydrogen-bond acceptors (Lipinski definition) is 5. The molecule has 5 nitrogen and oxygen atoms in total. The van der Waals surface area contributed by atoms with Crippen LogP contribution in [0.5, 0.6) is 5.75 Å². The van der Waals surface area contributed by atoms with Crippen molar-refractivity contribution in [3.05, 3.63) is 35.4 Å². The van der Waals surface area contributed by atoms with Crippen molar-refractivity contribution in [1.29, 1.82) is 0 Å². The Morgan fingerprint density at radius 3 is 2.50 bits per heavy atom. The minimum atomic E-state index is -1.03. The summed E-state index contributed by atoms with van der Waals surface area (Å²) in [5.74, 6) is -1.89. The second-order valence-electron chi connectivity index (χ2n) is 3.59. The van der Waals surface area contributed by atoms with Crippen LogP contribution >= 0.6 is 0 Å². The third-order valence-corrected chi connectivity index (χ3v) is 2.29. The van der Waals surface area contributed by atoms with E-state index in [-0.39, 0.29) is 5.76 Å². The highest BCUT2D eigenvalue weighted by Gasteiger charge is 2.14. The van der Waals surface area contributed by atoms with Crippen LogP contribution in [0.4, 0.5) is 0 Å². The smallest absolute Gasteiger partial charge is 0.378 e. The first kappa shape index (κ1) is 13.8. The van der Waals surface area contributed by atoms with Gasteiger partial charge in [-0.1, -0.05) is 6.07 Å². The number of carbonyl (C=O) groups excluding carboxylic acids is 2. The summed E-state index contributed by atoms with van der Waals surface area (Å²) in [4.78, 5) is 22.2. The SMILES string of the molecule is COC(=O)C(=O)/C=C(\O)c1ccc(C)cc1OC. The topological polar surface area (TPSA) is 72.8 Å². The largest absolute Gasteiger partial charge is 0.507 e. The third-order valence-electron chi connectivity index (χ3n) is 2.29. The van der Waals surface area contributed by atoms with Gasteiger partial charge in [-0.15, -0.1) is 0 Å². The molecule has 5 heteroatoms. The molecule has 1 N–H and O–H groups in total. The lowest BCUT2D eigenvalue weighted by molar-refractivity contribution is -0.149. The van der Waals surface area contributed by atoms with Gasteiger partial charge in [0.15, 0.2) is 0 Å². The monoisotopic (exact) mass is 250 g/mol. The van der Waals surface area contributed by atoms with Gasteiger partial charge in [-0.2, -0.15) is 0 Å². The second-order valence-corrected chi connectivity index (χ2v) is 3.59. The van der Waals surface area contributed by atoms with Crippen LogP contribution in [0.15, 0.2) is 24.3 Å². The minimum absolute atomic E-state index is 0.334. The quantitative estimate of drug-likeness (QED) is 0.380. The van der Waals surface area contributed by atoms with E-state index in [1.807, 2.05) is 6.92 Å². The molecule has 0 aliphatic carbocycles. The van der Waals surface area contributed by atoms with Crippen molar-refractivity contribution in [2.75, 3.05) is 14.2 Å². The standard InChI is InChI=1S/C13H14O5/c1-8-4-5-9(12(6-8)17-2)10(14)7-11(15)13(16)18-3/h4-7,14H,1-3H3/b10-7-. The molecule has 0 atom stereocenters. The number of benzene rings is 1. The minimum Gasteiger partial charge on any atom is -0.507 e. The summed E-state index contributed by atoms with van der Waals surface area (Å²) in [5.41, 5.74) is 1.28. The molecule has 0 aliphatic rings. The number of aliphatic hydroxyl groups excluding tert-OH is 1. The fraction of sp³-hybridized carbons (Fsp3) is 0.231. The molecule has 0 amide bonds. The normalized spacial score (nSPS) is 10.9. The van der Waals surface area contributed by atoms with Crippen molar-refractivity contribution in [2.45, 2.75) is 6.92 Å². The average Bonchev–Trinajstić information content (AvgIpc) is 2.37. The van der Waals surface area contributed by atoms with E-state index in [1.54, 1.807) is 18.2 Å². The summed E-state index contributed by atoms with van der Waals surface area (Å²) in [5, 5.41) is 9.79. The van der Waals surface area contributed by atoms with Crippen LogP contribution in [0, 0.1) is 6.92 Å². The van der Waals surface area contributed by atoms with Gasteiger partial charge in [0.05, 0.1) is 19.8 Å². The lowest BCUT2D eigenvalue weighted by Gasteiger charge is -2.08. The maximum absolute atomic E-state index is 11.3. The number of hydrogen-bond donors (Lipinski definition) is 1. The number of methoxy groups -OCH3 is 2. The summed E-state index contributed by atoms with van der Waals surface area (Å²) < 4.78 is 9.34. The van der Waals surface area contributed by atoms with Crippen LogP contribution in [0.1, 0.15) is 11.1 Å². The lowest BCUT2D eigenvalue weighted by Crippen LogP contribution is -2.13. The van der Waals surface area contributed by atoms with Crippen LogP contribution in [-0.4, -0.2) is 31.1 Å². The summed E-state index contributed by atoms with van der Waals surface area (Å²) in [7, 11) is 2.55.